The van der Waals surface area contributed by atoms with Crippen molar-refractivity contribution < 1.29 is 4.42 Å². The molecular formula is C59H36N4O. The molecule has 0 aliphatic rings. The molecule has 0 atom stereocenters. The van der Waals surface area contributed by atoms with Crippen molar-refractivity contribution in [3.8, 4) is 62.0 Å². The maximum atomic E-state index is 6.55. The van der Waals surface area contributed by atoms with Gasteiger partial charge in [-0.3, -0.25) is 0 Å². The summed E-state index contributed by atoms with van der Waals surface area (Å²) >= 11 is 0. The standard InChI is InChI=1S/C59H36N4O/c1-4-14-38(15-5-1)50-36-51(62-59(61-50)42-28-31-53-47(35-42)44-20-11-13-23-52(44)63(53)43-18-8-3-9-19-43)39-26-24-37(25-27-39)41-29-32-54-48(34-41)57-55(64-54)33-30-46-56(57)45-21-10-12-22-49(45)60-58(46)40-16-6-2-7-17-40/h1-36H. The van der Waals surface area contributed by atoms with Gasteiger partial charge in [0.2, 0.25) is 0 Å². The molecule has 64 heavy (non-hydrogen) atoms. The topological polar surface area (TPSA) is 56.7 Å². The lowest BCUT2D eigenvalue weighted by molar-refractivity contribution is 0.669. The highest BCUT2D eigenvalue weighted by atomic mass is 16.3. The summed E-state index contributed by atoms with van der Waals surface area (Å²) in [7, 11) is 0. The van der Waals surface area contributed by atoms with Crippen LogP contribution in [0.15, 0.2) is 223 Å². The summed E-state index contributed by atoms with van der Waals surface area (Å²) < 4.78 is 8.88. The van der Waals surface area contributed by atoms with Crippen LogP contribution in [-0.2, 0) is 0 Å². The number of hydrogen-bond acceptors (Lipinski definition) is 4. The average Bonchev–Trinajstić information content (AvgIpc) is 3.92. The Hall–Kier alpha value is -8.67. The first-order valence-electron chi connectivity index (χ1n) is 21.6. The number of aromatic nitrogens is 4. The molecule has 0 bridgehead atoms. The molecule has 13 aromatic rings. The van der Waals surface area contributed by atoms with Gasteiger partial charge in [0.25, 0.3) is 0 Å². The highest BCUT2D eigenvalue weighted by molar-refractivity contribution is 6.28. The van der Waals surface area contributed by atoms with Gasteiger partial charge in [-0.15, -0.1) is 0 Å². The number of hydrogen-bond donors (Lipinski definition) is 0. The summed E-state index contributed by atoms with van der Waals surface area (Å²) in [6.45, 7) is 0. The zero-order valence-corrected chi connectivity index (χ0v) is 34.5. The Morgan fingerprint density at radius 2 is 0.906 bits per heavy atom. The van der Waals surface area contributed by atoms with Crippen LogP contribution in [0.5, 0.6) is 0 Å². The zero-order valence-electron chi connectivity index (χ0n) is 34.5. The fraction of sp³-hybridized carbons (Fsp3) is 0. The van der Waals surface area contributed by atoms with Crippen LogP contribution >= 0.6 is 0 Å². The van der Waals surface area contributed by atoms with E-state index in [9.17, 15) is 0 Å². The molecular weight excluding hydrogens is 781 g/mol. The smallest absolute Gasteiger partial charge is 0.160 e. The molecule has 0 fully saturated rings. The molecule has 4 aromatic heterocycles. The third-order valence-corrected chi connectivity index (χ3v) is 12.6. The lowest BCUT2D eigenvalue weighted by Crippen LogP contribution is -1.96. The van der Waals surface area contributed by atoms with Gasteiger partial charge < -0.3 is 8.98 Å². The van der Waals surface area contributed by atoms with Gasteiger partial charge in [0.15, 0.2) is 5.82 Å². The van der Waals surface area contributed by atoms with E-state index in [-0.39, 0.29) is 0 Å². The van der Waals surface area contributed by atoms with Gasteiger partial charge in [-0.2, -0.15) is 0 Å². The Kier molecular flexibility index (Phi) is 8.15. The van der Waals surface area contributed by atoms with Gasteiger partial charge in [-0.25, -0.2) is 15.0 Å². The molecule has 4 heterocycles. The van der Waals surface area contributed by atoms with Crippen molar-refractivity contribution in [3.05, 3.63) is 218 Å². The van der Waals surface area contributed by atoms with Gasteiger partial charge in [-0.1, -0.05) is 146 Å². The number of pyridine rings is 1. The first kappa shape index (κ1) is 36.0. The third-order valence-electron chi connectivity index (χ3n) is 12.6. The second-order valence-electron chi connectivity index (χ2n) is 16.3. The molecule has 9 aromatic carbocycles. The second kappa shape index (κ2) is 14.5. The summed E-state index contributed by atoms with van der Waals surface area (Å²) in [5.41, 5.74) is 15.1. The second-order valence-corrected chi connectivity index (χ2v) is 16.3. The Balaban J connectivity index is 0.929. The summed E-state index contributed by atoms with van der Waals surface area (Å²) in [6, 6.07) is 76.6. The SMILES string of the molecule is c1ccc(-c2cc(-c3ccc(-c4ccc5oc6ccc7c(-c8ccccc8)nc8ccccc8c7c6c5c4)cc3)nc(-c3ccc4c(c3)c3ccccc3n4-c3ccccc3)n2)cc1. The maximum absolute atomic E-state index is 6.55. The number of fused-ring (bicyclic) bond motifs is 10. The molecule has 0 spiro atoms. The number of nitrogens with zero attached hydrogens (tertiary/aromatic N) is 4. The van der Waals surface area contributed by atoms with Crippen LogP contribution in [0.1, 0.15) is 0 Å². The minimum absolute atomic E-state index is 0.682. The Morgan fingerprint density at radius 3 is 1.69 bits per heavy atom. The molecule has 0 saturated heterocycles. The predicted molar refractivity (Wildman–Crippen MR) is 264 cm³/mol. The van der Waals surface area contributed by atoms with Gasteiger partial charge in [0.05, 0.1) is 33.6 Å². The van der Waals surface area contributed by atoms with Crippen molar-refractivity contribution in [2.75, 3.05) is 0 Å². The van der Waals surface area contributed by atoms with Crippen molar-refractivity contribution in [2.45, 2.75) is 0 Å². The van der Waals surface area contributed by atoms with E-state index in [0.717, 1.165) is 116 Å². The Labute approximate surface area is 368 Å². The molecule has 13 rings (SSSR count). The molecule has 0 radical (unpaired) electrons. The van der Waals surface area contributed by atoms with E-state index in [1.54, 1.807) is 0 Å². The van der Waals surface area contributed by atoms with Gasteiger partial charge in [0, 0.05) is 65.6 Å². The molecule has 5 nitrogen and oxygen atoms in total. The first-order chi connectivity index (χ1) is 31.7. The third kappa shape index (κ3) is 5.83. The first-order valence-corrected chi connectivity index (χ1v) is 21.6. The lowest BCUT2D eigenvalue weighted by Gasteiger charge is -2.11. The van der Waals surface area contributed by atoms with E-state index in [4.69, 9.17) is 19.4 Å². The molecule has 0 unspecified atom stereocenters. The van der Waals surface area contributed by atoms with Crippen molar-refractivity contribution in [3.63, 3.8) is 0 Å². The van der Waals surface area contributed by atoms with Crippen LogP contribution in [0.2, 0.25) is 0 Å². The van der Waals surface area contributed by atoms with E-state index in [0.29, 0.717) is 5.82 Å². The highest BCUT2D eigenvalue weighted by Crippen LogP contribution is 2.43. The number of rotatable bonds is 6. The minimum atomic E-state index is 0.682. The van der Waals surface area contributed by atoms with E-state index in [2.05, 4.69) is 211 Å². The zero-order chi connectivity index (χ0) is 42.1. The van der Waals surface area contributed by atoms with Gasteiger partial charge >= 0.3 is 0 Å². The fourth-order valence-corrected chi connectivity index (χ4v) is 9.59. The minimum Gasteiger partial charge on any atom is -0.456 e. The average molecular weight is 817 g/mol. The van der Waals surface area contributed by atoms with Crippen molar-refractivity contribution >= 4 is 65.4 Å². The van der Waals surface area contributed by atoms with Crippen LogP contribution in [0, 0.1) is 0 Å². The number of para-hydroxylation sites is 3. The monoisotopic (exact) mass is 816 g/mol. The molecule has 0 saturated carbocycles. The van der Waals surface area contributed by atoms with Gasteiger partial charge in [-0.05, 0) is 83.9 Å². The quantitative estimate of drug-likeness (QED) is 0.157. The van der Waals surface area contributed by atoms with Gasteiger partial charge in [0.1, 0.15) is 11.2 Å². The van der Waals surface area contributed by atoms with E-state index in [1.807, 2.05) is 12.1 Å². The van der Waals surface area contributed by atoms with Crippen molar-refractivity contribution in [1.82, 2.24) is 19.5 Å². The number of furan rings is 1. The Bertz CT molecular complexity index is 3930. The van der Waals surface area contributed by atoms with Crippen LogP contribution in [0.25, 0.3) is 127 Å². The summed E-state index contributed by atoms with van der Waals surface area (Å²) in [5, 5.41) is 7.90. The van der Waals surface area contributed by atoms with E-state index < -0.39 is 0 Å². The summed E-state index contributed by atoms with van der Waals surface area (Å²) in [6.07, 6.45) is 0. The highest BCUT2D eigenvalue weighted by Gasteiger charge is 2.19. The van der Waals surface area contributed by atoms with Crippen molar-refractivity contribution in [2.24, 2.45) is 0 Å². The lowest BCUT2D eigenvalue weighted by atomic mass is 9.95. The maximum Gasteiger partial charge on any atom is 0.160 e. The largest absolute Gasteiger partial charge is 0.456 e. The van der Waals surface area contributed by atoms with Crippen molar-refractivity contribution in [1.29, 1.82) is 0 Å². The summed E-state index contributed by atoms with van der Waals surface area (Å²) in [4.78, 5) is 15.6. The van der Waals surface area contributed by atoms with Crippen LogP contribution in [-0.4, -0.2) is 19.5 Å². The molecule has 298 valence electrons. The molecule has 0 aliphatic carbocycles. The molecule has 0 N–H and O–H groups in total. The van der Waals surface area contributed by atoms with Crippen LogP contribution in [0.3, 0.4) is 0 Å². The molecule has 0 amide bonds. The number of benzene rings is 9. The van der Waals surface area contributed by atoms with Crippen LogP contribution < -0.4 is 0 Å². The predicted octanol–water partition coefficient (Wildman–Crippen LogP) is 15.5. The summed E-state index contributed by atoms with van der Waals surface area (Å²) in [5.74, 6) is 0.682. The van der Waals surface area contributed by atoms with E-state index >= 15 is 0 Å². The Morgan fingerprint density at radius 1 is 0.328 bits per heavy atom. The fourth-order valence-electron chi connectivity index (χ4n) is 9.59. The van der Waals surface area contributed by atoms with E-state index in [1.165, 1.54) is 5.39 Å². The molecule has 0 aliphatic heterocycles. The molecule has 5 heteroatoms. The van der Waals surface area contributed by atoms with Crippen LogP contribution in [0.4, 0.5) is 0 Å². The normalized spacial score (nSPS) is 11.8.